The Labute approximate surface area is 119 Å². The molecule has 0 aliphatic carbocycles. The van der Waals surface area contributed by atoms with Crippen molar-refractivity contribution in [3.05, 3.63) is 11.6 Å². The molecule has 0 aliphatic rings. The molecular formula is C14H32N3OP. The van der Waals surface area contributed by atoms with Crippen molar-refractivity contribution in [2.75, 3.05) is 34.7 Å². The summed E-state index contributed by atoms with van der Waals surface area (Å²) in [5.74, 6) is 0.654. The number of allylic oxidation sites excluding steroid dienone is 2. The minimum absolute atomic E-state index is 0.654. The van der Waals surface area contributed by atoms with Crippen LogP contribution < -0.4 is 5.09 Å². The van der Waals surface area contributed by atoms with Crippen LogP contribution in [0.4, 0.5) is 0 Å². The first-order chi connectivity index (χ1) is 8.70. The lowest BCUT2D eigenvalue weighted by Crippen LogP contribution is -2.31. The first-order valence-corrected chi connectivity index (χ1v) is 8.65. The van der Waals surface area contributed by atoms with Crippen LogP contribution in [0.2, 0.25) is 0 Å². The van der Waals surface area contributed by atoms with E-state index in [1.165, 1.54) is 12.0 Å². The summed E-state index contributed by atoms with van der Waals surface area (Å²) in [5.41, 5.74) is 1.38. The second-order valence-corrected chi connectivity index (χ2v) is 8.90. The number of nitrogens with one attached hydrogen (secondary N) is 1. The Bertz CT molecular complexity index is 311. The lowest BCUT2D eigenvalue weighted by atomic mass is 10.0. The van der Waals surface area contributed by atoms with Gasteiger partial charge < -0.3 is 0 Å². The molecule has 0 heterocycles. The molecule has 0 aromatic rings. The Morgan fingerprint density at radius 3 is 2.11 bits per heavy atom. The number of hydrogen-bond acceptors (Lipinski definition) is 1. The van der Waals surface area contributed by atoms with Crippen LogP contribution in [0, 0.1) is 5.92 Å². The summed E-state index contributed by atoms with van der Waals surface area (Å²) < 4.78 is 16.2. The topological polar surface area (TPSA) is 35.6 Å². The third-order valence-corrected chi connectivity index (χ3v) is 6.06. The third kappa shape index (κ3) is 7.26. The van der Waals surface area contributed by atoms with Crippen LogP contribution in [0.15, 0.2) is 11.6 Å². The van der Waals surface area contributed by atoms with Crippen molar-refractivity contribution in [2.24, 2.45) is 5.92 Å². The molecule has 0 amide bonds. The second kappa shape index (κ2) is 8.91. The van der Waals surface area contributed by atoms with Crippen LogP contribution in [0.5, 0.6) is 0 Å². The Morgan fingerprint density at radius 1 is 1.16 bits per heavy atom. The van der Waals surface area contributed by atoms with Crippen molar-refractivity contribution in [2.45, 2.75) is 40.0 Å². The number of rotatable bonds is 9. The second-order valence-electron chi connectivity index (χ2n) is 5.90. The normalized spacial score (nSPS) is 13.9. The van der Waals surface area contributed by atoms with E-state index in [2.05, 4.69) is 31.9 Å². The summed E-state index contributed by atoms with van der Waals surface area (Å²) in [6.45, 7) is 7.33. The van der Waals surface area contributed by atoms with Gasteiger partial charge in [0.15, 0.2) is 0 Å². The van der Waals surface area contributed by atoms with Gasteiger partial charge in [0.05, 0.1) is 0 Å². The monoisotopic (exact) mass is 289 g/mol. The molecule has 1 N–H and O–H groups in total. The van der Waals surface area contributed by atoms with Gasteiger partial charge in [-0.2, -0.15) is 0 Å². The Morgan fingerprint density at radius 2 is 1.68 bits per heavy atom. The molecule has 0 rings (SSSR count). The average molecular weight is 289 g/mol. The molecule has 0 bridgehead atoms. The zero-order valence-electron chi connectivity index (χ0n) is 13.7. The van der Waals surface area contributed by atoms with E-state index in [-0.39, 0.29) is 0 Å². The summed E-state index contributed by atoms with van der Waals surface area (Å²) in [6, 6.07) is 0. The van der Waals surface area contributed by atoms with Gasteiger partial charge in [0.1, 0.15) is 0 Å². The van der Waals surface area contributed by atoms with Gasteiger partial charge in [-0.15, -0.1) is 0 Å². The smallest absolute Gasteiger partial charge is 0.271 e. The molecule has 0 aromatic carbocycles. The van der Waals surface area contributed by atoms with E-state index in [4.69, 9.17) is 0 Å². The lowest BCUT2D eigenvalue weighted by molar-refractivity contribution is 0.422. The van der Waals surface area contributed by atoms with Gasteiger partial charge >= 0.3 is 0 Å². The summed E-state index contributed by atoms with van der Waals surface area (Å²) >= 11 is 0. The molecule has 4 nitrogen and oxygen atoms in total. The Kier molecular flexibility index (Phi) is 8.84. The Balaban J connectivity index is 4.07. The van der Waals surface area contributed by atoms with Gasteiger partial charge in [-0.05, 0) is 67.2 Å². The van der Waals surface area contributed by atoms with Crippen LogP contribution in [0.3, 0.4) is 0 Å². The standard InChI is InChI=1S/C14H32N3OP/c1-13(2)9-8-10-14(3)11-12-15-19(18,16(4)5)17(6)7/h9,14H,8,10-12H2,1-7H3,(H,15,18)/t14-/m1/s1. The minimum Gasteiger partial charge on any atom is -0.271 e. The van der Waals surface area contributed by atoms with Crippen molar-refractivity contribution >= 4 is 7.59 Å². The molecule has 1 atom stereocenters. The minimum atomic E-state index is -2.56. The van der Waals surface area contributed by atoms with Crippen LogP contribution in [0.1, 0.15) is 40.0 Å². The Hall–Kier alpha value is -0.150. The van der Waals surface area contributed by atoms with Crippen LogP contribution in [-0.2, 0) is 4.57 Å². The van der Waals surface area contributed by atoms with E-state index in [0.717, 1.165) is 19.4 Å². The molecule has 0 aromatic heterocycles. The molecule has 0 saturated heterocycles. The average Bonchev–Trinajstić information content (AvgIpc) is 2.27. The highest BCUT2D eigenvalue weighted by molar-refractivity contribution is 7.56. The molecule has 0 radical (unpaired) electrons. The van der Waals surface area contributed by atoms with Crippen molar-refractivity contribution in [1.29, 1.82) is 0 Å². The van der Waals surface area contributed by atoms with Crippen LogP contribution >= 0.6 is 7.59 Å². The zero-order chi connectivity index (χ0) is 15.1. The quantitative estimate of drug-likeness (QED) is 0.520. The maximum absolute atomic E-state index is 12.6. The molecule has 19 heavy (non-hydrogen) atoms. The van der Waals surface area contributed by atoms with Gasteiger partial charge in [-0.3, -0.25) is 4.57 Å². The van der Waals surface area contributed by atoms with Gasteiger partial charge in [-0.1, -0.05) is 18.6 Å². The van der Waals surface area contributed by atoms with E-state index in [9.17, 15) is 4.57 Å². The number of hydrogen-bond donors (Lipinski definition) is 1. The largest absolute Gasteiger partial charge is 0.283 e. The molecule has 0 unspecified atom stereocenters. The summed E-state index contributed by atoms with van der Waals surface area (Å²) in [4.78, 5) is 0. The van der Waals surface area contributed by atoms with Crippen molar-refractivity contribution in [1.82, 2.24) is 14.4 Å². The van der Waals surface area contributed by atoms with Gasteiger partial charge in [0.25, 0.3) is 7.59 Å². The third-order valence-electron chi connectivity index (χ3n) is 3.25. The highest BCUT2D eigenvalue weighted by atomic mass is 31.2. The van der Waals surface area contributed by atoms with Crippen molar-refractivity contribution in [3.8, 4) is 0 Å². The fraction of sp³-hybridized carbons (Fsp3) is 0.857. The number of nitrogens with zero attached hydrogens (tertiary/aromatic N) is 2. The molecular weight excluding hydrogens is 257 g/mol. The predicted molar refractivity (Wildman–Crippen MR) is 85.4 cm³/mol. The van der Waals surface area contributed by atoms with Gasteiger partial charge in [-0.25, -0.2) is 14.4 Å². The van der Waals surface area contributed by atoms with Crippen LogP contribution in [-0.4, -0.2) is 44.1 Å². The fourth-order valence-electron chi connectivity index (χ4n) is 1.90. The van der Waals surface area contributed by atoms with Crippen LogP contribution in [0.25, 0.3) is 0 Å². The van der Waals surface area contributed by atoms with Crippen molar-refractivity contribution < 1.29 is 4.57 Å². The lowest BCUT2D eigenvalue weighted by Gasteiger charge is -2.31. The fourth-order valence-corrected chi connectivity index (χ4v) is 3.60. The van der Waals surface area contributed by atoms with E-state index < -0.39 is 7.59 Å². The molecule has 0 saturated carbocycles. The molecule has 114 valence electrons. The first kappa shape index (κ1) is 18.9. The molecule has 5 heteroatoms. The predicted octanol–water partition coefficient (Wildman–Crippen LogP) is 3.58. The summed E-state index contributed by atoms with van der Waals surface area (Å²) in [5, 5.41) is 3.22. The molecule has 0 fully saturated rings. The zero-order valence-corrected chi connectivity index (χ0v) is 14.6. The molecule has 0 aliphatic heterocycles. The highest BCUT2D eigenvalue weighted by Gasteiger charge is 2.26. The van der Waals surface area contributed by atoms with Gasteiger partial charge in [0.2, 0.25) is 0 Å². The molecule has 0 spiro atoms. The van der Waals surface area contributed by atoms with E-state index in [0.29, 0.717) is 5.92 Å². The SMILES string of the molecule is CC(C)=CCC[C@@H](C)CCNP(=O)(N(C)C)N(C)C. The highest BCUT2D eigenvalue weighted by Crippen LogP contribution is 2.44. The van der Waals surface area contributed by atoms with E-state index in [1.54, 1.807) is 9.34 Å². The summed E-state index contributed by atoms with van der Waals surface area (Å²) in [6.07, 6.45) is 5.68. The maximum atomic E-state index is 12.6. The van der Waals surface area contributed by atoms with Crippen molar-refractivity contribution in [3.63, 3.8) is 0 Å². The maximum Gasteiger partial charge on any atom is 0.283 e. The van der Waals surface area contributed by atoms with Gasteiger partial charge in [0, 0.05) is 6.54 Å². The van der Waals surface area contributed by atoms with E-state index in [1.807, 2.05) is 28.2 Å². The summed E-state index contributed by atoms with van der Waals surface area (Å²) in [7, 11) is 4.86. The van der Waals surface area contributed by atoms with E-state index >= 15 is 0 Å². The first-order valence-electron chi connectivity index (χ1n) is 7.04.